The van der Waals surface area contributed by atoms with Crippen LogP contribution < -0.4 is 4.74 Å². The molecule has 0 fully saturated rings. The van der Waals surface area contributed by atoms with Crippen LogP contribution in [0.1, 0.15) is 5.56 Å². The first-order valence-corrected chi connectivity index (χ1v) is 4.40. The number of hydrogen-bond donors (Lipinski definition) is 0. The van der Waals surface area contributed by atoms with Gasteiger partial charge >= 0.3 is 12.3 Å². The Morgan fingerprint density at radius 1 is 1.31 bits per heavy atom. The molecule has 1 rings (SSSR count). The van der Waals surface area contributed by atoms with Crippen LogP contribution in [0.15, 0.2) is 24.3 Å². The standard InChI is InChI=1S/C11H9F4O/c1-2-8-5-3-4-6-9(8)16-7-11(14,15)10(12)13/h1-6,10H,7H2. The van der Waals surface area contributed by atoms with Crippen LogP contribution in [0.3, 0.4) is 0 Å². The van der Waals surface area contributed by atoms with Gasteiger partial charge < -0.3 is 4.74 Å². The fraction of sp³-hybridized carbons (Fsp3) is 0.273. The van der Waals surface area contributed by atoms with E-state index in [0.717, 1.165) is 6.08 Å². The van der Waals surface area contributed by atoms with Gasteiger partial charge in [0.2, 0.25) is 0 Å². The predicted octanol–water partition coefficient (Wildman–Crippen LogP) is 3.41. The Labute approximate surface area is 90.3 Å². The van der Waals surface area contributed by atoms with E-state index in [9.17, 15) is 17.6 Å². The number of halogens is 4. The first kappa shape index (κ1) is 12.5. The Balaban J connectivity index is 2.71. The van der Waals surface area contributed by atoms with Crippen LogP contribution >= 0.6 is 0 Å². The minimum atomic E-state index is -4.16. The van der Waals surface area contributed by atoms with Crippen LogP contribution in [-0.2, 0) is 0 Å². The fourth-order valence-electron chi connectivity index (χ4n) is 0.987. The highest BCUT2D eigenvalue weighted by molar-refractivity contribution is 5.54. The van der Waals surface area contributed by atoms with E-state index in [1.54, 1.807) is 6.07 Å². The number of hydrogen-bond acceptors (Lipinski definition) is 1. The molecule has 1 radical (unpaired) electrons. The summed E-state index contributed by atoms with van der Waals surface area (Å²) < 4.78 is 53.4. The fourth-order valence-corrected chi connectivity index (χ4v) is 0.987. The van der Waals surface area contributed by atoms with Crippen molar-refractivity contribution in [1.82, 2.24) is 0 Å². The minimum absolute atomic E-state index is 0.0466. The van der Waals surface area contributed by atoms with Gasteiger partial charge in [-0.3, -0.25) is 0 Å². The van der Waals surface area contributed by atoms with Gasteiger partial charge in [-0.15, -0.1) is 0 Å². The number of rotatable bonds is 5. The van der Waals surface area contributed by atoms with E-state index in [-0.39, 0.29) is 5.75 Å². The van der Waals surface area contributed by atoms with E-state index < -0.39 is 19.0 Å². The molecule has 0 unspecified atom stereocenters. The van der Waals surface area contributed by atoms with Gasteiger partial charge in [-0.25, -0.2) is 8.78 Å². The summed E-state index contributed by atoms with van der Waals surface area (Å²) in [6, 6.07) is 6.05. The molecule has 0 aromatic heterocycles. The van der Waals surface area contributed by atoms with Gasteiger partial charge in [0.25, 0.3) is 0 Å². The molecule has 0 spiro atoms. The van der Waals surface area contributed by atoms with E-state index in [1.807, 2.05) is 0 Å². The maximum Gasteiger partial charge on any atom is 0.340 e. The van der Waals surface area contributed by atoms with Crippen molar-refractivity contribution >= 4 is 6.08 Å². The molecule has 0 saturated carbocycles. The van der Waals surface area contributed by atoms with Crippen LogP contribution in [0, 0.1) is 6.58 Å². The zero-order valence-electron chi connectivity index (χ0n) is 8.17. The van der Waals surface area contributed by atoms with E-state index >= 15 is 0 Å². The second-order valence-electron chi connectivity index (χ2n) is 3.05. The van der Waals surface area contributed by atoms with Crippen LogP contribution in [-0.4, -0.2) is 19.0 Å². The van der Waals surface area contributed by atoms with Gasteiger partial charge in [-0.2, -0.15) is 8.78 Å². The maximum atomic E-state index is 12.6. The zero-order chi connectivity index (χ0) is 12.2. The van der Waals surface area contributed by atoms with Crippen LogP contribution in [0.2, 0.25) is 0 Å². The van der Waals surface area contributed by atoms with Crippen molar-refractivity contribution in [3.8, 4) is 5.75 Å². The van der Waals surface area contributed by atoms with Crippen molar-refractivity contribution in [1.29, 1.82) is 0 Å². The molecule has 0 bridgehead atoms. The van der Waals surface area contributed by atoms with Crippen molar-refractivity contribution in [2.24, 2.45) is 0 Å². The Hall–Kier alpha value is -1.52. The molecule has 0 saturated heterocycles. The quantitative estimate of drug-likeness (QED) is 0.708. The maximum absolute atomic E-state index is 12.6. The summed E-state index contributed by atoms with van der Waals surface area (Å²) in [7, 11) is 0. The van der Waals surface area contributed by atoms with Gasteiger partial charge in [0.15, 0.2) is 6.61 Å². The van der Waals surface area contributed by atoms with E-state index in [2.05, 4.69) is 4.74 Å². The first-order valence-electron chi connectivity index (χ1n) is 4.40. The number of ether oxygens (including phenoxy) is 1. The van der Waals surface area contributed by atoms with Gasteiger partial charge in [0, 0.05) is 5.56 Å². The number of benzene rings is 1. The van der Waals surface area contributed by atoms with Crippen molar-refractivity contribution in [2.75, 3.05) is 6.61 Å². The van der Waals surface area contributed by atoms with Crippen molar-refractivity contribution in [2.45, 2.75) is 12.3 Å². The van der Waals surface area contributed by atoms with Crippen molar-refractivity contribution < 1.29 is 22.3 Å². The van der Waals surface area contributed by atoms with E-state index in [4.69, 9.17) is 6.58 Å². The molecule has 0 aliphatic heterocycles. The predicted molar refractivity (Wildman–Crippen MR) is 51.7 cm³/mol. The second-order valence-corrected chi connectivity index (χ2v) is 3.05. The summed E-state index contributed by atoms with van der Waals surface area (Å²) in [5.74, 6) is -4.12. The van der Waals surface area contributed by atoms with Gasteiger partial charge in [-0.1, -0.05) is 30.9 Å². The lowest BCUT2D eigenvalue weighted by Gasteiger charge is -2.16. The molecule has 1 aromatic carbocycles. The monoisotopic (exact) mass is 233 g/mol. The Kier molecular flexibility index (Phi) is 3.93. The molecule has 0 atom stereocenters. The molecule has 0 N–H and O–H groups in total. The molecule has 0 aliphatic rings. The molecule has 0 aliphatic carbocycles. The Bertz CT molecular complexity index is 363. The largest absolute Gasteiger partial charge is 0.486 e. The van der Waals surface area contributed by atoms with Crippen LogP contribution in [0.5, 0.6) is 5.75 Å². The third kappa shape index (κ3) is 2.98. The summed E-state index contributed by atoms with van der Waals surface area (Å²) in [6.45, 7) is 3.83. The molecule has 16 heavy (non-hydrogen) atoms. The number of para-hydroxylation sites is 1. The summed E-state index contributed by atoms with van der Waals surface area (Å²) >= 11 is 0. The third-order valence-electron chi connectivity index (χ3n) is 1.84. The summed E-state index contributed by atoms with van der Waals surface area (Å²) in [6.07, 6.45) is -2.60. The molecule has 5 heteroatoms. The summed E-state index contributed by atoms with van der Waals surface area (Å²) in [5.41, 5.74) is 0.368. The highest BCUT2D eigenvalue weighted by Crippen LogP contribution is 2.26. The highest BCUT2D eigenvalue weighted by atomic mass is 19.3. The lowest BCUT2D eigenvalue weighted by molar-refractivity contribution is -0.148. The Morgan fingerprint density at radius 3 is 2.50 bits per heavy atom. The smallest absolute Gasteiger partial charge is 0.340 e. The molecular formula is C11H9F4O. The lowest BCUT2D eigenvalue weighted by atomic mass is 10.2. The van der Waals surface area contributed by atoms with Crippen LogP contribution in [0.4, 0.5) is 17.6 Å². The van der Waals surface area contributed by atoms with E-state index in [0.29, 0.717) is 5.56 Å². The van der Waals surface area contributed by atoms with Crippen molar-refractivity contribution in [3.05, 3.63) is 36.4 Å². The second kappa shape index (κ2) is 5.01. The van der Waals surface area contributed by atoms with Crippen molar-refractivity contribution in [3.63, 3.8) is 0 Å². The third-order valence-corrected chi connectivity index (χ3v) is 1.84. The molecule has 87 valence electrons. The molecule has 1 aromatic rings. The van der Waals surface area contributed by atoms with E-state index in [1.165, 1.54) is 18.2 Å². The van der Waals surface area contributed by atoms with Gasteiger partial charge in [-0.05, 0) is 6.07 Å². The SMILES string of the molecule is [CH]=Cc1ccccc1OCC(F)(F)C(F)F. The summed E-state index contributed by atoms with van der Waals surface area (Å²) in [5, 5.41) is 0. The summed E-state index contributed by atoms with van der Waals surface area (Å²) in [4.78, 5) is 0. The average molecular weight is 233 g/mol. The highest BCUT2D eigenvalue weighted by Gasteiger charge is 2.41. The molecular weight excluding hydrogens is 224 g/mol. The van der Waals surface area contributed by atoms with Crippen LogP contribution in [0.25, 0.3) is 6.08 Å². The molecule has 0 amide bonds. The first-order chi connectivity index (χ1) is 7.47. The average Bonchev–Trinajstić information content (AvgIpc) is 2.26. The molecule has 0 heterocycles. The number of alkyl halides is 4. The molecule has 1 nitrogen and oxygen atoms in total. The van der Waals surface area contributed by atoms with Gasteiger partial charge in [0.05, 0.1) is 0 Å². The zero-order valence-corrected chi connectivity index (χ0v) is 8.17. The Morgan fingerprint density at radius 2 is 1.94 bits per heavy atom. The lowest BCUT2D eigenvalue weighted by Crippen LogP contribution is -2.33. The minimum Gasteiger partial charge on any atom is -0.486 e. The van der Waals surface area contributed by atoms with Gasteiger partial charge in [0.1, 0.15) is 5.75 Å². The topological polar surface area (TPSA) is 9.23 Å². The normalized spacial score (nSPS) is 11.6.